The first-order chi connectivity index (χ1) is 16.5. The van der Waals surface area contributed by atoms with E-state index in [9.17, 15) is 0 Å². The minimum Gasteiger partial charge on any atom is -0.497 e. The third-order valence-corrected chi connectivity index (χ3v) is 6.84. The van der Waals surface area contributed by atoms with Gasteiger partial charge in [-0.05, 0) is 93.1 Å². The van der Waals surface area contributed by atoms with Gasteiger partial charge in [-0.3, -0.25) is 4.98 Å². The topological polar surface area (TPSA) is 42.3 Å². The van der Waals surface area contributed by atoms with E-state index in [1.165, 1.54) is 22.5 Å². The summed E-state index contributed by atoms with van der Waals surface area (Å²) in [4.78, 5) is 6.88. The van der Waals surface area contributed by atoms with Gasteiger partial charge in [0.25, 0.3) is 0 Å². The SMILES string of the molecule is COc1ccc(N2C(=S)N[C@H](c3ccccn3)[C@H]2c2cc(C)n(-c3ccc(C)cc3)c2C)cc1. The molecule has 5 rings (SSSR count). The highest BCUT2D eigenvalue weighted by molar-refractivity contribution is 7.80. The summed E-state index contributed by atoms with van der Waals surface area (Å²) in [5.74, 6) is 0.817. The van der Waals surface area contributed by atoms with E-state index in [4.69, 9.17) is 17.0 Å². The third kappa shape index (κ3) is 3.84. The van der Waals surface area contributed by atoms with Gasteiger partial charge in [-0.25, -0.2) is 0 Å². The molecule has 6 heteroatoms. The molecule has 172 valence electrons. The predicted octanol–water partition coefficient (Wildman–Crippen LogP) is 5.98. The van der Waals surface area contributed by atoms with E-state index in [2.05, 4.69) is 89.1 Å². The maximum atomic E-state index is 5.88. The Morgan fingerprint density at radius 2 is 1.62 bits per heavy atom. The summed E-state index contributed by atoms with van der Waals surface area (Å²) in [5.41, 5.74) is 7.98. The second kappa shape index (κ2) is 8.95. The van der Waals surface area contributed by atoms with Crippen molar-refractivity contribution in [2.24, 2.45) is 0 Å². The highest BCUT2D eigenvalue weighted by atomic mass is 32.1. The van der Waals surface area contributed by atoms with E-state index in [-0.39, 0.29) is 12.1 Å². The Morgan fingerprint density at radius 3 is 2.26 bits per heavy atom. The van der Waals surface area contributed by atoms with Crippen molar-refractivity contribution in [1.82, 2.24) is 14.9 Å². The van der Waals surface area contributed by atoms with E-state index >= 15 is 0 Å². The normalized spacial score (nSPS) is 17.6. The summed E-state index contributed by atoms with van der Waals surface area (Å²) >= 11 is 5.88. The quantitative estimate of drug-likeness (QED) is 0.365. The fourth-order valence-electron chi connectivity index (χ4n) is 4.87. The molecule has 2 aromatic heterocycles. The van der Waals surface area contributed by atoms with Gasteiger partial charge in [0.1, 0.15) is 5.75 Å². The Hall–Kier alpha value is -3.64. The Balaban J connectivity index is 1.66. The second-order valence-electron chi connectivity index (χ2n) is 8.69. The number of methoxy groups -OCH3 is 1. The van der Waals surface area contributed by atoms with E-state index in [0.717, 1.165) is 22.8 Å². The lowest BCUT2D eigenvalue weighted by molar-refractivity contribution is 0.415. The van der Waals surface area contributed by atoms with E-state index in [1.807, 2.05) is 30.5 Å². The number of hydrogen-bond donors (Lipinski definition) is 1. The molecular formula is C28H28N4OS. The fourth-order valence-corrected chi connectivity index (χ4v) is 5.22. The molecule has 0 spiro atoms. The van der Waals surface area contributed by atoms with Crippen molar-refractivity contribution in [3.63, 3.8) is 0 Å². The third-order valence-electron chi connectivity index (χ3n) is 6.53. The molecule has 1 fully saturated rings. The van der Waals surface area contributed by atoms with Crippen LogP contribution in [0.15, 0.2) is 79.0 Å². The smallest absolute Gasteiger partial charge is 0.174 e. The molecule has 1 aliphatic heterocycles. The Kier molecular flexibility index (Phi) is 5.84. The van der Waals surface area contributed by atoms with Crippen LogP contribution in [0.3, 0.4) is 0 Å². The summed E-state index contributed by atoms with van der Waals surface area (Å²) < 4.78 is 7.69. The average Bonchev–Trinajstić information content (AvgIpc) is 3.35. The van der Waals surface area contributed by atoms with Crippen LogP contribution < -0.4 is 15.0 Å². The first-order valence-electron chi connectivity index (χ1n) is 11.4. The number of nitrogens with one attached hydrogen (secondary N) is 1. The molecule has 1 saturated heterocycles. The molecule has 0 radical (unpaired) electrons. The minimum atomic E-state index is -0.0808. The number of pyridine rings is 1. The number of nitrogens with zero attached hydrogens (tertiary/aromatic N) is 3. The zero-order valence-electron chi connectivity index (χ0n) is 19.8. The van der Waals surface area contributed by atoms with Crippen molar-refractivity contribution in [3.8, 4) is 11.4 Å². The van der Waals surface area contributed by atoms with Crippen molar-refractivity contribution in [3.05, 3.63) is 107 Å². The van der Waals surface area contributed by atoms with Crippen molar-refractivity contribution in [1.29, 1.82) is 0 Å². The molecule has 4 aromatic rings. The number of hydrogen-bond acceptors (Lipinski definition) is 3. The molecule has 2 aromatic carbocycles. The molecule has 0 aliphatic carbocycles. The second-order valence-corrected chi connectivity index (χ2v) is 9.08. The summed E-state index contributed by atoms with van der Waals surface area (Å²) in [6, 6.07) is 24.9. The van der Waals surface area contributed by atoms with Gasteiger partial charge in [0.05, 0.1) is 24.9 Å². The first kappa shape index (κ1) is 22.2. The van der Waals surface area contributed by atoms with Gasteiger partial charge in [-0.1, -0.05) is 23.8 Å². The van der Waals surface area contributed by atoms with Crippen LogP contribution in [0.4, 0.5) is 5.69 Å². The molecular weight excluding hydrogens is 440 g/mol. The molecule has 2 atom stereocenters. The highest BCUT2D eigenvalue weighted by Gasteiger charge is 2.42. The van der Waals surface area contributed by atoms with Crippen LogP contribution >= 0.6 is 12.2 Å². The lowest BCUT2D eigenvalue weighted by Gasteiger charge is -2.28. The fraction of sp³-hybridized carbons (Fsp3) is 0.214. The highest BCUT2D eigenvalue weighted by Crippen LogP contribution is 2.44. The van der Waals surface area contributed by atoms with E-state index in [1.54, 1.807) is 7.11 Å². The first-order valence-corrected chi connectivity index (χ1v) is 11.8. The van der Waals surface area contributed by atoms with Crippen LogP contribution in [0.5, 0.6) is 5.75 Å². The summed E-state index contributed by atoms with van der Waals surface area (Å²) in [6.45, 7) is 6.45. The van der Waals surface area contributed by atoms with Crippen LogP contribution in [-0.4, -0.2) is 21.8 Å². The molecule has 34 heavy (non-hydrogen) atoms. The van der Waals surface area contributed by atoms with Gasteiger partial charge in [0.2, 0.25) is 0 Å². The molecule has 0 unspecified atom stereocenters. The zero-order valence-corrected chi connectivity index (χ0v) is 20.6. The molecule has 0 bridgehead atoms. The van der Waals surface area contributed by atoms with E-state index < -0.39 is 0 Å². The molecule has 3 heterocycles. The van der Waals surface area contributed by atoms with Crippen LogP contribution in [0.1, 0.15) is 40.3 Å². The van der Waals surface area contributed by atoms with Crippen molar-refractivity contribution in [2.75, 3.05) is 12.0 Å². The van der Waals surface area contributed by atoms with Crippen LogP contribution in [0.25, 0.3) is 5.69 Å². The monoisotopic (exact) mass is 468 g/mol. The standard InChI is InChI=1S/C28H28N4OS/c1-18-8-10-21(11-9-18)31-19(2)17-24(20(31)3)27-26(25-7-5-6-16-29-25)30-28(34)32(27)22-12-14-23(33-4)15-13-22/h5-17,26-27H,1-4H3,(H,30,34)/t26-,27-/m1/s1. The van der Waals surface area contributed by atoms with Crippen LogP contribution in [0.2, 0.25) is 0 Å². The molecule has 0 saturated carbocycles. The van der Waals surface area contributed by atoms with Crippen LogP contribution in [-0.2, 0) is 0 Å². The number of ether oxygens (including phenoxy) is 1. The van der Waals surface area contributed by atoms with Crippen molar-refractivity contribution < 1.29 is 4.74 Å². The average molecular weight is 469 g/mol. The Bertz CT molecular complexity index is 1310. The maximum absolute atomic E-state index is 5.88. The number of rotatable bonds is 5. The summed E-state index contributed by atoms with van der Waals surface area (Å²) in [5, 5.41) is 4.24. The number of anilines is 1. The molecule has 5 nitrogen and oxygen atoms in total. The molecule has 1 aliphatic rings. The van der Waals surface area contributed by atoms with Gasteiger partial charge in [0.15, 0.2) is 5.11 Å². The lowest BCUT2D eigenvalue weighted by Crippen LogP contribution is -2.29. The van der Waals surface area contributed by atoms with Crippen LogP contribution in [0, 0.1) is 20.8 Å². The molecule has 1 N–H and O–H groups in total. The van der Waals surface area contributed by atoms with E-state index in [0.29, 0.717) is 5.11 Å². The van der Waals surface area contributed by atoms with Gasteiger partial charge < -0.3 is 19.5 Å². The summed E-state index contributed by atoms with van der Waals surface area (Å²) in [6.07, 6.45) is 1.84. The lowest BCUT2D eigenvalue weighted by atomic mass is 9.96. The number of aromatic nitrogens is 2. The largest absolute Gasteiger partial charge is 0.497 e. The minimum absolute atomic E-state index is 0.0545. The summed E-state index contributed by atoms with van der Waals surface area (Å²) in [7, 11) is 1.68. The van der Waals surface area contributed by atoms with Gasteiger partial charge in [0, 0.05) is 29.0 Å². The van der Waals surface area contributed by atoms with Gasteiger partial charge in [-0.15, -0.1) is 0 Å². The van der Waals surface area contributed by atoms with Crippen molar-refractivity contribution >= 4 is 23.0 Å². The number of thiocarbonyl (C=S) groups is 1. The number of benzene rings is 2. The predicted molar refractivity (Wildman–Crippen MR) is 141 cm³/mol. The maximum Gasteiger partial charge on any atom is 0.174 e. The van der Waals surface area contributed by atoms with Gasteiger partial charge >= 0.3 is 0 Å². The Labute approximate surface area is 206 Å². The van der Waals surface area contributed by atoms with Gasteiger partial charge in [-0.2, -0.15) is 0 Å². The van der Waals surface area contributed by atoms with Crippen molar-refractivity contribution in [2.45, 2.75) is 32.9 Å². The number of aryl methyl sites for hydroxylation is 2. The Morgan fingerprint density at radius 1 is 0.912 bits per heavy atom. The zero-order chi connectivity index (χ0) is 23.8. The molecule has 0 amide bonds.